The van der Waals surface area contributed by atoms with E-state index in [1.165, 1.54) is 12.1 Å². The van der Waals surface area contributed by atoms with Crippen molar-refractivity contribution in [3.8, 4) is 0 Å². The van der Waals surface area contributed by atoms with E-state index in [0.717, 1.165) is 5.56 Å². The quantitative estimate of drug-likeness (QED) is 0.376. The van der Waals surface area contributed by atoms with E-state index < -0.39 is 15.7 Å². The lowest BCUT2D eigenvalue weighted by Gasteiger charge is -2.20. The SMILES string of the molecule is Cc1ccc(S(=O)(=O)OCCCOCC([NH3+])(CO)CO)cc1. The van der Waals surface area contributed by atoms with Crippen molar-refractivity contribution in [1.82, 2.24) is 0 Å². The third-order valence-electron chi connectivity index (χ3n) is 3.06. The molecule has 0 aliphatic carbocycles. The summed E-state index contributed by atoms with van der Waals surface area (Å²) >= 11 is 0. The summed E-state index contributed by atoms with van der Waals surface area (Å²) in [6, 6.07) is 6.41. The van der Waals surface area contributed by atoms with E-state index in [0.29, 0.717) is 6.42 Å². The molecule has 0 heterocycles. The van der Waals surface area contributed by atoms with E-state index >= 15 is 0 Å². The summed E-state index contributed by atoms with van der Waals surface area (Å²) in [4.78, 5) is 0.122. The van der Waals surface area contributed by atoms with Gasteiger partial charge in [0.15, 0.2) is 5.54 Å². The normalized spacial score (nSPS) is 12.5. The van der Waals surface area contributed by atoms with Crippen molar-refractivity contribution in [2.24, 2.45) is 0 Å². The van der Waals surface area contributed by atoms with Crippen LogP contribution in [0.2, 0.25) is 0 Å². The van der Waals surface area contributed by atoms with Crippen molar-refractivity contribution in [2.75, 3.05) is 33.0 Å². The van der Waals surface area contributed by atoms with Crippen molar-refractivity contribution < 1.29 is 33.3 Å². The van der Waals surface area contributed by atoms with Gasteiger partial charge in [-0.15, -0.1) is 0 Å². The van der Waals surface area contributed by atoms with Gasteiger partial charge in [0.25, 0.3) is 10.1 Å². The lowest BCUT2D eigenvalue weighted by Crippen LogP contribution is -2.78. The number of quaternary nitrogens is 1. The van der Waals surface area contributed by atoms with Gasteiger partial charge in [-0.1, -0.05) is 17.7 Å². The lowest BCUT2D eigenvalue weighted by atomic mass is 10.1. The van der Waals surface area contributed by atoms with Gasteiger partial charge in [0, 0.05) is 6.61 Å². The first-order valence-electron chi connectivity index (χ1n) is 6.94. The van der Waals surface area contributed by atoms with E-state index in [-0.39, 0.29) is 37.9 Å². The fourth-order valence-electron chi connectivity index (χ4n) is 1.53. The van der Waals surface area contributed by atoms with Crippen LogP contribution in [-0.4, -0.2) is 57.2 Å². The molecule has 0 aromatic heterocycles. The molecule has 8 heteroatoms. The molecule has 1 aromatic carbocycles. The Balaban J connectivity index is 2.31. The number of aliphatic hydroxyl groups excluding tert-OH is 2. The molecular formula is C14H24NO6S+. The minimum atomic E-state index is -3.75. The Morgan fingerprint density at radius 1 is 1.14 bits per heavy atom. The standard InChI is InChI=1S/C14H23NO6S/c1-12-3-5-13(6-4-12)22(18,19)21-8-2-7-20-11-14(15,9-16)10-17/h3-6,16-17H,2,7-11,15H2,1H3/p+1. The molecule has 126 valence electrons. The second kappa shape index (κ2) is 8.56. The van der Waals surface area contributed by atoms with Crippen molar-refractivity contribution >= 4 is 10.1 Å². The molecule has 0 amide bonds. The van der Waals surface area contributed by atoms with Crippen LogP contribution in [0.15, 0.2) is 29.2 Å². The Bertz CT molecular complexity index is 539. The molecule has 0 aliphatic rings. The summed E-state index contributed by atoms with van der Waals surface area (Å²) < 4.78 is 34.0. The Labute approximate surface area is 130 Å². The van der Waals surface area contributed by atoms with Crippen molar-refractivity contribution in [3.63, 3.8) is 0 Å². The van der Waals surface area contributed by atoms with Crippen LogP contribution < -0.4 is 5.73 Å². The maximum Gasteiger partial charge on any atom is 0.296 e. The molecule has 0 aliphatic heterocycles. The second-order valence-electron chi connectivity index (χ2n) is 5.31. The smallest absolute Gasteiger partial charge is 0.296 e. The highest BCUT2D eigenvalue weighted by molar-refractivity contribution is 7.86. The molecule has 1 aromatic rings. The van der Waals surface area contributed by atoms with Gasteiger partial charge in [-0.05, 0) is 25.5 Å². The highest BCUT2D eigenvalue weighted by Crippen LogP contribution is 2.13. The molecule has 7 nitrogen and oxygen atoms in total. The highest BCUT2D eigenvalue weighted by atomic mass is 32.2. The third-order valence-corrected chi connectivity index (χ3v) is 4.39. The zero-order chi connectivity index (χ0) is 16.6. The molecule has 0 spiro atoms. The van der Waals surface area contributed by atoms with Gasteiger partial charge >= 0.3 is 0 Å². The predicted molar refractivity (Wildman–Crippen MR) is 79.5 cm³/mol. The summed E-state index contributed by atoms with van der Waals surface area (Å²) in [6.07, 6.45) is 0.373. The fourth-order valence-corrected chi connectivity index (χ4v) is 2.48. The van der Waals surface area contributed by atoms with E-state index in [2.05, 4.69) is 5.73 Å². The van der Waals surface area contributed by atoms with E-state index in [9.17, 15) is 8.42 Å². The van der Waals surface area contributed by atoms with Gasteiger partial charge in [0.2, 0.25) is 0 Å². The largest absolute Gasteiger partial charge is 0.390 e. The molecule has 0 saturated carbocycles. The zero-order valence-electron chi connectivity index (χ0n) is 12.7. The van der Waals surface area contributed by atoms with Gasteiger partial charge in [-0.25, -0.2) is 0 Å². The second-order valence-corrected chi connectivity index (χ2v) is 6.93. The average molecular weight is 334 g/mol. The molecule has 0 radical (unpaired) electrons. The van der Waals surface area contributed by atoms with Crippen molar-refractivity contribution in [2.45, 2.75) is 23.8 Å². The zero-order valence-corrected chi connectivity index (χ0v) is 13.5. The highest BCUT2D eigenvalue weighted by Gasteiger charge is 2.27. The van der Waals surface area contributed by atoms with Crippen molar-refractivity contribution in [3.05, 3.63) is 29.8 Å². The number of aryl methyl sites for hydroxylation is 1. The Hall–Kier alpha value is -1.03. The molecule has 0 atom stereocenters. The van der Waals surface area contributed by atoms with Gasteiger partial charge in [0.1, 0.15) is 19.8 Å². The molecule has 22 heavy (non-hydrogen) atoms. The van der Waals surface area contributed by atoms with Gasteiger partial charge in [-0.2, -0.15) is 8.42 Å². The van der Waals surface area contributed by atoms with Crippen LogP contribution >= 0.6 is 0 Å². The van der Waals surface area contributed by atoms with Crippen LogP contribution in [0.1, 0.15) is 12.0 Å². The number of hydrogen-bond acceptors (Lipinski definition) is 6. The van der Waals surface area contributed by atoms with Crippen LogP contribution in [0, 0.1) is 6.92 Å². The summed E-state index contributed by atoms with van der Waals surface area (Å²) in [5, 5.41) is 18.1. The molecule has 1 rings (SSSR count). The third kappa shape index (κ3) is 5.99. The number of ether oxygens (including phenoxy) is 1. The summed E-state index contributed by atoms with van der Waals surface area (Å²) in [7, 11) is -3.75. The molecular weight excluding hydrogens is 310 g/mol. The summed E-state index contributed by atoms with van der Waals surface area (Å²) in [5.41, 5.74) is 3.69. The minimum absolute atomic E-state index is 0.00139. The van der Waals surface area contributed by atoms with Crippen LogP contribution in [0.4, 0.5) is 0 Å². The Morgan fingerprint density at radius 3 is 2.27 bits per heavy atom. The number of benzene rings is 1. The first-order valence-corrected chi connectivity index (χ1v) is 8.35. The van der Waals surface area contributed by atoms with E-state index in [1.54, 1.807) is 12.1 Å². The molecule has 0 bridgehead atoms. The fraction of sp³-hybridized carbons (Fsp3) is 0.571. The number of rotatable bonds is 10. The van der Waals surface area contributed by atoms with E-state index in [4.69, 9.17) is 19.1 Å². The van der Waals surface area contributed by atoms with Gasteiger partial charge < -0.3 is 20.7 Å². The Kier molecular flexibility index (Phi) is 7.40. The molecule has 0 fully saturated rings. The van der Waals surface area contributed by atoms with Gasteiger partial charge in [0.05, 0.1) is 11.5 Å². The number of hydrogen-bond donors (Lipinski definition) is 3. The maximum atomic E-state index is 11.9. The predicted octanol–water partition coefficient (Wildman–Crippen LogP) is -0.928. The Morgan fingerprint density at radius 2 is 1.73 bits per heavy atom. The monoisotopic (exact) mass is 334 g/mol. The lowest BCUT2D eigenvalue weighted by molar-refractivity contribution is -0.496. The van der Waals surface area contributed by atoms with Crippen LogP contribution in [0.5, 0.6) is 0 Å². The average Bonchev–Trinajstić information content (AvgIpc) is 2.51. The molecule has 5 N–H and O–H groups in total. The minimum Gasteiger partial charge on any atom is -0.390 e. The van der Waals surface area contributed by atoms with Crippen LogP contribution in [0.3, 0.4) is 0 Å². The van der Waals surface area contributed by atoms with Gasteiger partial charge in [-0.3, -0.25) is 4.18 Å². The number of aliphatic hydroxyl groups is 2. The van der Waals surface area contributed by atoms with E-state index in [1.807, 2.05) is 6.92 Å². The first-order chi connectivity index (χ1) is 10.3. The van der Waals surface area contributed by atoms with Crippen LogP contribution in [-0.2, 0) is 19.0 Å². The van der Waals surface area contributed by atoms with Crippen molar-refractivity contribution in [1.29, 1.82) is 0 Å². The summed E-state index contributed by atoms with van der Waals surface area (Å²) in [5.74, 6) is 0. The van der Waals surface area contributed by atoms with Crippen LogP contribution in [0.25, 0.3) is 0 Å². The molecule has 0 saturated heterocycles. The maximum absolute atomic E-state index is 11.9. The summed E-state index contributed by atoms with van der Waals surface area (Å²) in [6.45, 7) is 1.63. The molecule has 0 unspecified atom stereocenters. The topological polar surface area (TPSA) is 121 Å². The first kappa shape index (κ1) is 19.0.